The largest absolute Gasteiger partial charge is 0.312 e. The Bertz CT molecular complexity index is 402. The first-order chi connectivity index (χ1) is 7.77. The molecule has 0 unspecified atom stereocenters. The van der Waals surface area contributed by atoms with Crippen LogP contribution in [0.2, 0.25) is 0 Å². The van der Waals surface area contributed by atoms with Gasteiger partial charge in [0.15, 0.2) is 0 Å². The summed E-state index contributed by atoms with van der Waals surface area (Å²) in [6.07, 6.45) is 2.87. The predicted molar refractivity (Wildman–Crippen MR) is 67.7 cm³/mol. The highest BCUT2D eigenvalue weighted by Gasteiger charge is 2.00. The van der Waals surface area contributed by atoms with Crippen molar-refractivity contribution in [2.24, 2.45) is 7.05 Å². The van der Waals surface area contributed by atoms with Gasteiger partial charge in [-0.3, -0.25) is 4.68 Å². The van der Waals surface area contributed by atoms with Crippen LogP contribution in [-0.4, -0.2) is 16.3 Å². The zero-order valence-electron chi connectivity index (χ0n) is 9.73. The average Bonchev–Trinajstić information content (AvgIpc) is 2.84. The SMILES string of the molecule is Cc1cscc1CNCCc1ccnn1C. The molecule has 2 rings (SSSR count). The number of nitrogens with one attached hydrogen (secondary N) is 1. The van der Waals surface area contributed by atoms with Gasteiger partial charge >= 0.3 is 0 Å². The van der Waals surface area contributed by atoms with E-state index in [1.54, 1.807) is 11.3 Å². The van der Waals surface area contributed by atoms with Crippen LogP contribution in [0.15, 0.2) is 23.0 Å². The van der Waals surface area contributed by atoms with E-state index in [1.807, 2.05) is 17.9 Å². The second kappa shape index (κ2) is 5.27. The Morgan fingerprint density at radius 3 is 2.94 bits per heavy atom. The molecule has 0 aliphatic rings. The van der Waals surface area contributed by atoms with Crippen molar-refractivity contribution < 1.29 is 0 Å². The van der Waals surface area contributed by atoms with Gasteiger partial charge in [-0.2, -0.15) is 16.4 Å². The Balaban J connectivity index is 1.74. The summed E-state index contributed by atoms with van der Waals surface area (Å²) in [5.74, 6) is 0. The Labute approximate surface area is 100 Å². The Hall–Kier alpha value is -1.13. The summed E-state index contributed by atoms with van der Waals surface area (Å²) in [4.78, 5) is 0. The second-order valence-corrected chi connectivity index (χ2v) is 4.70. The zero-order valence-corrected chi connectivity index (χ0v) is 10.5. The summed E-state index contributed by atoms with van der Waals surface area (Å²) in [6, 6.07) is 2.07. The van der Waals surface area contributed by atoms with E-state index < -0.39 is 0 Å². The van der Waals surface area contributed by atoms with Gasteiger partial charge in [-0.05, 0) is 34.9 Å². The molecule has 0 fully saturated rings. The molecule has 0 bridgehead atoms. The number of aryl methyl sites for hydroxylation is 2. The minimum atomic E-state index is 0.965. The third-order valence-corrected chi connectivity index (χ3v) is 3.67. The van der Waals surface area contributed by atoms with Crippen LogP contribution in [0.3, 0.4) is 0 Å². The van der Waals surface area contributed by atoms with Crippen LogP contribution in [-0.2, 0) is 20.0 Å². The summed E-state index contributed by atoms with van der Waals surface area (Å²) >= 11 is 1.77. The first-order valence-electron chi connectivity index (χ1n) is 5.46. The van der Waals surface area contributed by atoms with Gasteiger partial charge < -0.3 is 5.32 Å². The van der Waals surface area contributed by atoms with Crippen LogP contribution >= 0.6 is 11.3 Å². The summed E-state index contributed by atoms with van der Waals surface area (Å²) in [7, 11) is 1.98. The Morgan fingerprint density at radius 1 is 1.44 bits per heavy atom. The molecular weight excluding hydrogens is 218 g/mol. The maximum absolute atomic E-state index is 4.15. The van der Waals surface area contributed by atoms with E-state index in [0.717, 1.165) is 19.5 Å². The lowest BCUT2D eigenvalue weighted by Gasteiger charge is -2.04. The average molecular weight is 235 g/mol. The van der Waals surface area contributed by atoms with Crippen molar-refractivity contribution in [2.45, 2.75) is 19.9 Å². The van der Waals surface area contributed by atoms with Crippen LogP contribution in [0.25, 0.3) is 0 Å². The molecule has 0 amide bonds. The summed E-state index contributed by atoms with van der Waals surface area (Å²) < 4.78 is 1.93. The van der Waals surface area contributed by atoms with Gasteiger partial charge in [0.05, 0.1) is 0 Å². The smallest absolute Gasteiger partial charge is 0.0492 e. The van der Waals surface area contributed by atoms with Crippen LogP contribution in [0.1, 0.15) is 16.8 Å². The first-order valence-corrected chi connectivity index (χ1v) is 6.41. The normalized spacial score (nSPS) is 10.9. The molecule has 4 heteroatoms. The number of aromatic nitrogens is 2. The van der Waals surface area contributed by atoms with Crippen molar-refractivity contribution in [1.82, 2.24) is 15.1 Å². The van der Waals surface area contributed by atoms with Gasteiger partial charge in [-0.1, -0.05) is 0 Å². The molecule has 16 heavy (non-hydrogen) atoms. The first kappa shape index (κ1) is 11.4. The highest BCUT2D eigenvalue weighted by molar-refractivity contribution is 7.08. The van der Waals surface area contributed by atoms with E-state index in [0.29, 0.717) is 0 Å². The number of rotatable bonds is 5. The van der Waals surface area contributed by atoms with E-state index >= 15 is 0 Å². The fourth-order valence-electron chi connectivity index (χ4n) is 1.65. The maximum Gasteiger partial charge on any atom is 0.0492 e. The quantitative estimate of drug-likeness (QED) is 0.805. The molecule has 0 aliphatic heterocycles. The molecule has 86 valence electrons. The monoisotopic (exact) mass is 235 g/mol. The highest BCUT2D eigenvalue weighted by Crippen LogP contribution is 2.12. The Kier molecular flexibility index (Phi) is 3.74. The van der Waals surface area contributed by atoms with E-state index in [9.17, 15) is 0 Å². The van der Waals surface area contributed by atoms with Crippen molar-refractivity contribution in [1.29, 1.82) is 0 Å². The number of nitrogens with zero attached hydrogens (tertiary/aromatic N) is 2. The molecule has 1 N–H and O–H groups in total. The molecule has 2 aromatic rings. The summed E-state index contributed by atoms with van der Waals surface area (Å²) in [5.41, 5.74) is 4.07. The molecule has 3 nitrogen and oxygen atoms in total. The second-order valence-electron chi connectivity index (χ2n) is 3.95. The lowest BCUT2D eigenvalue weighted by molar-refractivity contribution is 0.642. The lowest BCUT2D eigenvalue weighted by Crippen LogP contribution is -2.17. The van der Waals surface area contributed by atoms with E-state index in [1.165, 1.54) is 16.8 Å². The zero-order chi connectivity index (χ0) is 11.4. The molecule has 0 radical (unpaired) electrons. The molecule has 0 saturated heterocycles. The summed E-state index contributed by atoms with van der Waals surface area (Å²) in [6.45, 7) is 4.12. The number of hydrogen-bond acceptors (Lipinski definition) is 3. The van der Waals surface area contributed by atoms with Gasteiger partial charge in [-0.15, -0.1) is 0 Å². The van der Waals surface area contributed by atoms with Gasteiger partial charge in [0.1, 0.15) is 0 Å². The van der Waals surface area contributed by atoms with Crippen LogP contribution in [0.5, 0.6) is 0 Å². The number of thiophene rings is 1. The molecule has 0 atom stereocenters. The van der Waals surface area contributed by atoms with Crippen molar-refractivity contribution in [3.8, 4) is 0 Å². The van der Waals surface area contributed by atoms with Gasteiger partial charge in [0, 0.05) is 38.4 Å². The molecule has 0 aliphatic carbocycles. The van der Waals surface area contributed by atoms with Gasteiger partial charge in [0.2, 0.25) is 0 Å². The van der Waals surface area contributed by atoms with E-state index in [-0.39, 0.29) is 0 Å². The fourth-order valence-corrected chi connectivity index (χ4v) is 2.51. The van der Waals surface area contributed by atoms with Gasteiger partial charge in [0.25, 0.3) is 0 Å². The van der Waals surface area contributed by atoms with Crippen LogP contribution in [0.4, 0.5) is 0 Å². The maximum atomic E-state index is 4.15. The van der Waals surface area contributed by atoms with Crippen LogP contribution < -0.4 is 5.32 Å². The molecule has 0 spiro atoms. The summed E-state index contributed by atoms with van der Waals surface area (Å²) in [5, 5.41) is 12.0. The molecule has 0 saturated carbocycles. The highest BCUT2D eigenvalue weighted by atomic mass is 32.1. The van der Waals surface area contributed by atoms with Crippen molar-refractivity contribution >= 4 is 11.3 Å². The Morgan fingerprint density at radius 2 is 2.31 bits per heavy atom. The lowest BCUT2D eigenvalue weighted by atomic mass is 10.2. The van der Waals surface area contributed by atoms with Crippen molar-refractivity contribution in [2.75, 3.05) is 6.54 Å². The third-order valence-electron chi connectivity index (χ3n) is 2.76. The standard InChI is InChI=1S/C12H17N3S/c1-10-8-16-9-11(10)7-13-5-3-12-4-6-14-15(12)2/h4,6,8-9,13H,3,5,7H2,1-2H3. The minimum Gasteiger partial charge on any atom is -0.312 e. The predicted octanol–water partition coefficient (Wildman–Crippen LogP) is 2.12. The van der Waals surface area contributed by atoms with E-state index in [4.69, 9.17) is 0 Å². The fraction of sp³-hybridized carbons (Fsp3) is 0.417. The molecule has 0 aromatic carbocycles. The third kappa shape index (κ3) is 2.71. The molecular formula is C12H17N3S. The van der Waals surface area contributed by atoms with Crippen molar-refractivity contribution in [3.63, 3.8) is 0 Å². The van der Waals surface area contributed by atoms with Crippen molar-refractivity contribution in [3.05, 3.63) is 39.8 Å². The topological polar surface area (TPSA) is 29.9 Å². The van der Waals surface area contributed by atoms with Crippen LogP contribution in [0, 0.1) is 6.92 Å². The minimum absolute atomic E-state index is 0.965. The molecule has 2 heterocycles. The van der Waals surface area contributed by atoms with E-state index in [2.05, 4.69) is 34.2 Å². The molecule has 2 aromatic heterocycles. The number of hydrogen-bond donors (Lipinski definition) is 1. The van der Waals surface area contributed by atoms with Gasteiger partial charge in [-0.25, -0.2) is 0 Å².